The van der Waals surface area contributed by atoms with Crippen LogP contribution in [0.4, 0.5) is 5.69 Å². The summed E-state index contributed by atoms with van der Waals surface area (Å²) < 4.78 is 1.16. The van der Waals surface area contributed by atoms with Gasteiger partial charge in [0.25, 0.3) is 0 Å². The fourth-order valence-electron chi connectivity index (χ4n) is 3.54. The van der Waals surface area contributed by atoms with Gasteiger partial charge in [0, 0.05) is 17.3 Å². The van der Waals surface area contributed by atoms with Crippen molar-refractivity contribution in [2.75, 3.05) is 5.32 Å². The van der Waals surface area contributed by atoms with E-state index in [1.54, 1.807) is 23.5 Å². The van der Waals surface area contributed by atoms with Crippen LogP contribution in [0, 0.1) is 6.92 Å². The van der Waals surface area contributed by atoms with Crippen LogP contribution in [0.2, 0.25) is 0 Å². The van der Waals surface area contributed by atoms with Gasteiger partial charge in [-0.25, -0.2) is 4.98 Å². The molecule has 0 saturated heterocycles. The maximum atomic E-state index is 12.2. The topological polar surface area (TPSA) is 71.1 Å². The van der Waals surface area contributed by atoms with Crippen LogP contribution in [-0.4, -0.2) is 22.8 Å². The zero-order valence-electron chi connectivity index (χ0n) is 15.8. The maximum Gasteiger partial charge on any atom is 0.313 e. The minimum absolute atomic E-state index is 0.122. The molecule has 1 saturated carbocycles. The second kappa shape index (κ2) is 8.10. The SMILES string of the molecule is Cc1ccc2nc(-c3ccc(NC(=O)C(=O)NC4CCCCC4)cc3)sc2c1. The number of carbonyl (C=O) groups is 2. The summed E-state index contributed by atoms with van der Waals surface area (Å²) in [5.74, 6) is -1.17. The standard InChI is InChI=1S/C22H23N3O2S/c1-14-7-12-18-19(13-14)28-22(25-18)15-8-10-17(11-9-15)24-21(27)20(26)23-16-5-3-2-4-6-16/h7-13,16H,2-6H2,1H3,(H,23,26)(H,24,27). The third kappa shape index (κ3) is 4.22. The molecule has 6 heteroatoms. The first kappa shape index (κ1) is 18.6. The van der Waals surface area contributed by atoms with Gasteiger partial charge in [-0.05, 0) is 61.7 Å². The van der Waals surface area contributed by atoms with Crippen LogP contribution in [0.25, 0.3) is 20.8 Å². The molecule has 0 radical (unpaired) electrons. The first-order valence-corrected chi connectivity index (χ1v) is 10.5. The zero-order valence-corrected chi connectivity index (χ0v) is 16.6. The summed E-state index contributed by atoms with van der Waals surface area (Å²) in [7, 11) is 0. The van der Waals surface area contributed by atoms with Crippen molar-refractivity contribution in [2.24, 2.45) is 0 Å². The molecule has 28 heavy (non-hydrogen) atoms. The molecule has 144 valence electrons. The van der Waals surface area contributed by atoms with Gasteiger partial charge in [0.05, 0.1) is 10.2 Å². The van der Waals surface area contributed by atoms with Crippen LogP contribution in [0.1, 0.15) is 37.7 Å². The van der Waals surface area contributed by atoms with E-state index in [0.717, 1.165) is 46.5 Å². The summed E-state index contributed by atoms with van der Waals surface area (Å²) in [6.07, 6.45) is 5.34. The van der Waals surface area contributed by atoms with Crippen LogP contribution in [-0.2, 0) is 9.59 Å². The van der Waals surface area contributed by atoms with E-state index in [2.05, 4.69) is 34.7 Å². The molecule has 1 aromatic heterocycles. The molecule has 2 amide bonds. The quantitative estimate of drug-likeness (QED) is 0.636. The summed E-state index contributed by atoms with van der Waals surface area (Å²) in [4.78, 5) is 28.9. The van der Waals surface area contributed by atoms with Gasteiger partial charge < -0.3 is 10.6 Å². The van der Waals surface area contributed by atoms with E-state index in [-0.39, 0.29) is 6.04 Å². The molecule has 1 fully saturated rings. The molecule has 0 bridgehead atoms. The third-order valence-corrected chi connectivity index (χ3v) is 6.15. The highest BCUT2D eigenvalue weighted by Crippen LogP contribution is 2.31. The molecule has 0 aliphatic heterocycles. The number of nitrogens with zero attached hydrogens (tertiary/aromatic N) is 1. The molecule has 1 aliphatic rings. The molecule has 0 unspecified atom stereocenters. The fourth-order valence-corrected chi connectivity index (χ4v) is 4.61. The first-order valence-electron chi connectivity index (χ1n) is 9.68. The van der Waals surface area contributed by atoms with E-state index in [4.69, 9.17) is 0 Å². The van der Waals surface area contributed by atoms with Gasteiger partial charge in [-0.1, -0.05) is 25.3 Å². The van der Waals surface area contributed by atoms with Crippen molar-refractivity contribution in [3.8, 4) is 10.6 Å². The average Bonchev–Trinajstić information content (AvgIpc) is 3.12. The van der Waals surface area contributed by atoms with Crippen LogP contribution in [0.5, 0.6) is 0 Å². The molecule has 0 spiro atoms. The Kier molecular flexibility index (Phi) is 5.39. The smallest absolute Gasteiger partial charge is 0.313 e. The number of hydrogen-bond donors (Lipinski definition) is 2. The van der Waals surface area contributed by atoms with Crippen molar-refractivity contribution >= 4 is 39.1 Å². The van der Waals surface area contributed by atoms with Crippen LogP contribution in [0.15, 0.2) is 42.5 Å². The number of carbonyl (C=O) groups excluding carboxylic acids is 2. The fraction of sp³-hybridized carbons (Fsp3) is 0.318. The van der Waals surface area contributed by atoms with E-state index < -0.39 is 11.8 Å². The summed E-state index contributed by atoms with van der Waals surface area (Å²) in [5, 5.41) is 6.45. The van der Waals surface area contributed by atoms with E-state index in [9.17, 15) is 9.59 Å². The van der Waals surface area contributed by atoms with Gasteiger partial charge in [0.1, 0.15) is 5.01 Å². The second-order valence-electron chi connectivity index (χ2n) is 7.33. The Morgan fingerprint density at radius 1 is 1.00 bits per heavy atom. The molecule has 2 N–H and O–H groups in total. The van der Waals surface area contributed by atoms with E-state index in [0.29, 0.717) is 5.69 Å². The minimum atomic E-state index is -0.617. The molecular formula is C22H23N3O2S. The molecule has 1 heterocycles. The molecule has 0 atom stereocenters. The highest BCUT2D eigenvalue weighted by atomic mass is 32.1. The van der Waals surface area contributed by atoms with Crippen molar-refractivity contribution in [2.45, 2.75) is 45.1 Å². The van der Waals surface area contributed by atoms with Crippen molar-refractivity contribution in [1.29, 1.82) is 0 Å². The highest BCUT2D eigenvalue weighted by Gasteiger charge is 2.20. The Morgan fingerprint density at radius 3 is 2.50 bits per heavy atom. The van der Waals surface area contributed by atoms with Gasteiger partial charge >= 0.3 is 11.8 Å². The summed E-state index contributed by atoms with van der Waals surface area (Å²) in [6, 6.07) is 13.8. The molecule has 2 aromatic carbocycles. The second-order valence-corrected chi connectivity index (χ2v) is 8.36. The normalized spacial score (nSPS) is 14.8. The third-order valence-electron chi connectivity index (χ3n) is 5.08. The Balaban J connectivity index is 1.40. The van der Waals surface area contributed by atoms with Crippen molar-refractivity contribution in [1.82, 2.24) is 10.3 Å². The minimum Gasteiger partial charge on any atom is -0.345 e. The van der Waals surface area contributed by atoms with Gasteiger partial charge in [0.2, 0.25) is 0 Å². The number of rotatable bonds is 3. The Bertz CT molecular complexity index is 1000. The van der Waals surface area contributed by atoms with Crippen molar-refractivity contribution in [3.63, 3.8) is 0 Å². The van der Waals surface area contributed by atoms with Crippen molar-refractivity contribution < 1.29 is 9.59 Å². The molecule has 4 rings (SSSR count). The number of hydrogen-bond acceptors (Lipinski definition) is 4. The number of anilines is 1. The Hall–Kier alpha value is -2.73. The van der Waals surface area contributed by atoms with Gasteiger partial charge in [-0.15, -0.1) is 11.3 Å². The monoisotopic (exact) mass is 393 g/mol. The van der Waals surface area contributed by atoms with Crippen molar-refractivity contribution in [3.05, 3.63) is 48.0 Å². The lowest BCUT2D eigenvalue weighted by atomic mass is 9.95. The molecule has 3 aromatic rings. The number of aryl methyl sites for hydroxylation is 1. The Labute approximate surface area is 168 Å². The van der Waals surface area contributed by atoms with Crippen LogP contribution >= 0.6 is 11.3 Å². The Morgan fingerprint density at radius 2 is 1.75 bits per heavy atom. The molecule has 1 aliphatic carbocycles. The highest BCUT2D eigenvalue weighted by molar-refractivity contribution is 7.21. The van der Waals surface area contributed by atoms with Gasteiger partial charge in [-0.2, -0.15) is 0 Å². The summed E-state index contributed by atoms with van der Waals surface area (Å²) in [6.45, 7) is 2.07. The van der Waals surface area contributed by atoms with Gasteiger partial charge in [0.15, 0.2) is 0 Å². The molecule has 5 nitrogen and oxygen atoms in total. The van der Waals surface area contributed by atoms with E-state index in [1.165, 1.54) is 12.0 Å². The summed E-state index contributed by atoms with van der Waals surface area (Å²) >= 11 is 1.65. The summed E-state index contributed by atoms with van der Waals surface area (Å²) in [5.41, 5.74) is 3.79. The lowest BCUT2D eigenvalue weighted by Crippen LogP contribution is -2.42. The largest absolute Gasteiger partial charge is 0.345 e. The van der Waals surface area contributed by atoms with Gasteiger partial charge in [-0.3, -0.25) is 9.59 Å². The lowest BCUT2D eigenvalue weighted by Gasteiger charge is -2.22. The predicted octanol–water partition coefficient (Wildman–Crippen LogP) is 4.66. The number of benzene rings is 2. The number of nitrogens with one attached hydrogen (secondary N) is 2. The number of amides is 2. The first-order chi connectivity index (χ1) is 13.6. The van der Waals surface area contributed by atoms with E-state index >= 15 is 0 Å². The zero-order chi connectivity index (χ0) is 19.5. The number of thiazole rings is 1. The van der Waals surface area contributed by atoms with E-state index in [1.807, 2.05) is 18.2 Å². The van der Waals surface area contributed by atoms with Crippen LogP contribution in [0.3, 0.4) is 0 Å². The average molecular weight is 394 g/mol. The number of aromatic nitrogens is 1. The number of fused-ring (bicyclic) bond motifs is 1. The maximum absolute atomic E-state index is 12.2. The molecular weight excluding hydrogens is 370 g/mol. The predicted molar refractivity (Wildman–Crippen MR) is 113 cm³/mol. The lowest BCUT2D eigenvalue weighted by molar-refractivity contribution is -0.136. The van der Waals surface area contributed by atoms with Crippen LogP contribution < -0.4 is 10.6 Å².